The number of carbonyl (C=O) groups is 1. The first-order valence-electron chi connectivity index (χ1n) is 5.33. The second-order valence-corrected chi connectivity index (χ2v) is 5.66. The molecule has 0 radical (unpaired) electrons. The average molecular weight is 238 g/mol. The van der Waals surface area contributed by atoms with Crippen LogP contribution in [0.15, 0.2) is 29.2 Å². The molecule has 0 bridgehead atoms. The van der Waals surface area contributed by atoms with Gasteiger partial charge in [0.15, 0.2) is 0 Å². The van der Waals surface area contributed by atoms with E-state index in [-0.39, 0.29) is 5.60 Å². The summed E-state index contributed by atoms with van der Waals surface area (Å²) in [5.41, 5.74) is 0.650. The maximum absolute atomic E-state index is 10.5. The van der Waals surface area contributed by atoms with Crippen molar-refractivity contribution in [3.63, 3.8) is 0 Å². The fourth-order valence-electron chi connectivity index (χ4n) is 1.15. The van der Waals surface area contributed by atoms with E-state index in [1.165, 1.54) is 4.90 Å². The highest BCUT2D eigenvalue weighted by Gasteiger charge is 2.08. The molecular weight excluding hydrogens is 220 g/mol. The maximum atomic E-state index is 10.5. The molecule has 0 aromatic heterocycles. The van der Waals surface area contributed by atoms with Gasteiger partial charge in [0.1, 0.15) is 6.29 Å². The lowest BCUT2D eigenvalue weighted by Gasteiger charge is -2.19. The smallest absolute Gasteiger partial charge is 0.150 e. The second-order valence-electron chi connectivity index (χ2n) is 4.50. The first-order chi connectivity index (χ1) is 7.51. The number of hydrogen-bond acceptors (Lipinski definition) is 3. The van der Waals surface area contributed by atoms with Crippen LogP contribution in [0.1, 0.15) is 31.1 Å². The summed E-state index contributed by atoms with van der Waals surface area (Å²) in [6.45, 7) is 6.90. The van der Waals surface area contributed by atoms with E-state index in [1.54, 1.807) is 11.8 Å². The first-order valence-corrected chi connectivity index (χ1v) is 6.32. The Hall–Kier alpha value is -0.800. The zero-order chi connectivity index (χ0) is 12.0. The van der Waals surface area contributed by atoms with Crippen LogP contribution in [0.25, 0.3) is 0 Å². The molecule has 1 aromatic carbocycles. The van der Waals surface area contributed by atoms with E-state index in [9.17, 15) is 4.79 Å². The molecule has 0 aliphatic rings. The van der Waals surface area contributed by atoms with Crippen LogP contribution >= 0.6 is 11.8 Å². The fourth-order valence-corrected chi connectivity index (χ4v) is 1.88. The number of carbonyl (C=O) groups excluding carboxylic acids is 1. The van der Waals surface area contributed by atoms with E-state index in [4.69, 9.17) is 4.74 Å². The van der Waals surface area contributed by atoms with Crippen molar-refractivity contribution in [2.45, 2.75) is 31.3 Å². The van der Waals surface area contributed by atoms with Crippen LogP contribution in [-0.4, -0.2) is 24.2 Å². The molecule has 0 N–H and O–H groups in total. The quantitative estimate of drug-likeness (QED) is 0.447. The topological polar surface area (TPSA) is 26.3 Å². The average Bonchev–Trinajstić information content (AvgIpc) is 2.24. The van der Waals surface area contributed by atoms with Crippen LogP contribution in [0.2, 0.25) is 0 Å². The van der Waals surface area contributed by atoms with E-state index in [1.807, 2.05) is 24.3 Å². The SMILES string of the molecule is CC(C)(C)OCCSc1ccc(C=O)cc1. The minimum Gasteiger partial charge on any atom is -0.375 e. The summed E-state index contributed by atoms with van der Waals surface area (Å²) < 4.78 is 5.62. The summed E-state index contributed by atoms with van der Waals surface area (Å²) in [6.07, 6.45) is 0.858. The highest BCUT2D eigenvalue weighted by atomic mass is 32.2. The van der Waals surface area contributed by atoms with Crippen LogP contribution in [0, 0.1) is 0 Å². The minimum atomic E-state index is -0.0675. The van der Waals surface area contributed by atoms with Crippen molar-refractivity contribution in [1.29, 1.82) is 0 Å². The Morgan fingerprint density at radius 2 is 1.88 bits per heavy atom. The molecule has 0 saturated carbocycles. The lowest BCUT2D eigenvalue weighted by molar-refractivity contribution is 0.00694. The van der Waals surface area contributed by atoms with Gasteiger partial charge in [0.25, 0.3) is 0 Å². The Balaban J connectivity index is 2.29. The number of ether oxygens (including phenoxy) is 1. The summed E-state index contributed by atoms with van der Waals surface area (Å²) in [5.74, 6) is 0.928. The molecule has 0 fully saturated rings. The molecule has 0 heterocycles. The molecule has 0 atom stereocenters. The van der Waals surface area contributed by atoms with Gasteiger partial charge in [-0.25, -0.2) is 0 Å². The van der Waals surface area contributed by atoms with E-state index in [2.05, 4.69) is 20.8 Å². The molecule has 0 saturated heterocycles. The van der Waals surface area contributed by atoms with Crippen LogP contribution in [0.5, 0.6) is 0 Å². The van der Waals surface area contributed by atoms with Gasteiger partial charge in [-0.3, -0.25) is 4.79 Å². The van der Waals surface area contributed by atoms with Crippen LogP contribution in [0.4, 0.5) is 0 Å². The minimum absolute atomic E-state index is 0.0675. The van der Waals surface area contributed by atoms with Gasteiger partial charge in [0.2, 0.25) is 0 Å². The molecule has 0 aliphatic heterocycles. The monoisotopic (exact) mass is 238 g/mol. The summed E-state index contributed by atoms with van der Waals surface area (Å²) in [5, 5.41) is 0. The summed E-state index contributed by atoms with van der Waals surface area (Å²) >= 11 is 1.74. The van der Waals surface area contributed by atoms with E-state index < -0.39 is 0 Å². The van der Waals surface area contributed by atoms with Gasteiger partial charge in [0, 0.05) is 16.2 Å². The Labute approximate surface area is 101 Å². The van der Waals surface area contributed by atoms with Crippen molar-refractivity contribution in [3.05, 3.63) is 29.8 Å². The van der Waals surface area contributed by atoms with Crippen molar-refractivity contribution in [2.75, 3.05) is 12.4 Å². The highest BCUT2D eigenvalue weighted by molar-refractivity contribution is 7.99. The van der Waals surface area contributed by atoms with Crippen LogP contribution in [0.3, 0.4) is 0 Å². The van der Waals surface area contributed by atoms with Gasteiger partial charge in [-0.1, -0.05) is 12.1 Å². The zero-order valence-corrected chi connectivity index (χ0v) is 10.8. The number of rotatable bonds is 5. The number of aldehydes is 1. The predicted octanol–water partition coefficient (Wildman–Crippen LogP) is 3.41. The number of thioether (sulfide) groups is 1. The molecule has 0 amide bonds. The standard InChI is InChI=1S/C13H18O2S/c1-13(2,3)15-8-9-16-12-6-4-11(10-14)5-7-12/h4-7,10H,8-9H2,1-3H3. The van der Waals surface area contributed by atoms with Gasteiger partial charge in [-0.05, 0) is 32.9 Å². The highest BCUT2D eigenvalue weighted by Crippen LogP contribution is 2.18. The van der Waals surface area contributed by atoms with Crippen LogP contribution in [-0.2, 0) is 4.74 Å². The molecule has 0 aliphatic carbocycles. The lowest BCUT2D eigenvalue weighted by atomic mass is 10.2. The molecule has 88 valence electrons. The van der Waals surface area contributed by atoms with Crippen molar-refractivity contribution in [3.8, 4) is 0 Å². The third-order valence-electron chi connectivity index (χ3n) is 1.90. The Morgan fingerprint density at radius 1 is 1.25 bits per heavy atom. The predicted molar refractivity (Wildman–Crippen MR) is 68.3 cm³/mol. The molecule has 1 aromatic rings. The van der Waals surface area contributed by atoms with Crippen LogP contribution < -0.4 is 0 Å². The summed E-state index contributed by atoms with van der Waals surface area (Å²) in [7, 11) is 0. The fraction of sp³-hybridized carbons (Fsp3) is 0.462. The van der Waals surface area contributed by atoms with Crippen molar-refractivity contribution in [1.82, 2.24) is 0 Å². The Bertz CT molecular complexity index is 325. The third-order valence-corrected chi connectivity index (χ3v) is 2.88. The van der Waals surface area contributed by atoms with Crippen molar-refractivity contribution >= 4 is 18.0 Å². The molecule has 3 heteroatoms. The zero-order valence-electron chi connectivity index (χ0n) is 10.0. The van der Waals surface area contributed by atoms with Gasteiger partial charge in [-0.2, -0.15) is 0 Å². The van der Waals surface area contributed by atoms with Crippen molar-refractivity contribution < 1.29 is 9.53 Å². The van der Waals surface area contributed by atoms with Gasteiger partial charge in [0.05, 0.1) is 12.2 Å². The van der Waals surface area contributed by atoms with E-state index >= 15 is 0 Å². The largest absolute Gasteiger partial charge is 0.375 e. The number of hydrogen-bond donors (Lipinski definition) is 0. The van der Waals surface area contributed by atoms with E-state index in [0.29, 0.717) is 0 Å². The van der Waals surface area contributed by atoms with Crippen molar-refractivity contribution in [2.24, 2.45) is 0 Å². The maximum Gasteiger partial charge on any atom is 0.150 e. The van der Waals surface area contributed by atoms with Gasteiger partial charge < -0.3 is 4.74 Å². The molecule has 2 nitrogen and oxygen atoms in total. The molecular formula is C13H18O2S. The molecule has 16 heavy (non-hydrogen) atoms. The third kappa shape index (κ3) is 5.33. The van der Waals surface area contributed by atoms with Gasteiger partial charge in [-0.15, -0.1) is 11.8 Å². The first kappa shape index (κ1) is 13.3. The Morgan fingerprint density at radius 3 is 2.38 bits per heavy atom. The second kappa shape index (κ2) is 6.06. The molecule has 1 rings (SSSR count). The van der Waals surface area contributed by atoms with Gasteiger partial charge >= 0.3 is 0 Å². The lowest BCUT2D eigenvalue weighted by Crippen LogP contribution is -2.20. The summed E-state index contributed by atoms with van der Waals surface area (Å²) in [6, 6.07) is 7.59. The molecule has 0 unspecified atom stereocenters. The molecule has 0 spiro atoms. The van der Waals surface area contributed by atoms with E-state index in [0.717, 1.165) is 24.2 Å². The number of benzene rings is 1. The normalized spacial score (nSPS) is 11.4. The summed E-state index contributed by atoms with van der Waals surface area (Å²) in [4.78, 5) is 11.6. The Kier molecular flexibility index (Phi) is 5.03.